The third-order valence-corrected chi connectivity index (χ3v) is 6.64. The highest BCUT2D eigenvalue weighted by Gasteiger charge is 2.23. The van der Waals surface area contributed by atoms with Crippen LogP contribution in [0, 0.1) is 17.2 Å². The molecule has 180 valence electrons. The number of imidazole rings is 1. The number of carbonyl (C=O) groups excluding carboxylic acids is 2. The number of hydrogen-bond acceptors (Lipinski definition) is 5. The summed E-state index contributed by atoms with van der Waals surface area (Å²) in [7, 11) is 0. The predicted octanol–water partition coefficient (Wildman–Crippen LogP) is 3.92. The third-order valence-electron chi connectivity index (χ3n) is 6.64. The molecule has 1 aliphatic rings. The lowest BCUT2D eigenvalue weighted by molar-refractivity contribution is -0.119. The lowest BCUT2D eigenvalue weighted by Crippen LogP contribution is -2.41. The number of aromatic nitrogens is 3. The molecule has 2 amide bonds. The second kappa shape index (κ2) is 10.0. The van der Waals surface area contributed by atoms with E-state index in [0.717, 1.165) is 41.0 Å². The van der Waals surface area contributed by atoms with E-state index in [1.165, 1.54) is 6.92 Å². The minimum absolute atomic E-state index is 0.0132. The van der Waals surface area contributed by atoms with E-state index in [9.17, 15) is 9.59 Å². The smallest absolute Gasteiger partial charge is 0.253 e. The molecule has 0 saturated carbocycles. The SMILES string of the molecule is CC(=O)NCC1CCN(C(=O)c2ccc(-c3ccc4ncc(-c5ccc(C#N)cc5)n4n3)cc2)CC1. The van der Waals surface area contributed by atoms with Crippen molar-refractivity contribution in [2.75, 3.05) is 19.6 Å². The van der Waals surface area contributed by atoms with Crippen LogP contribution < -0.4 is 5.32 Å². The monoisotopic (exact) mass is 478 g/mol. The van der Waals surface area contributed by atoms with Crippen LogP contribution in [0.15, 0.2) is 66.9 Å². The van der Waals surface area contributed by atoms with Gasteiger partial charge in [-0.25, -0.2) is 9.50 Å². The van der Waals surface area contributed by atoms with Crippen molar-refractivity contribution in [3.05, 3.63) is 78.0 Å². The zero-order chi connectivity index (χ0) is 25.1. The summed E-state index contributed by atoms with van der Waals surface area (Å²) in [6.45, 7) is 3.59. The molecular weight excluding hydrogens is 452 g/mol. The topological polar surface area (TPSA) is 103 Å². The second-order valence-corrected chi connectivity index (χ2v) is 9.07. The normalized spacial score (nSPS) is 13.9. The van der Waals surface area contributed by atoms with Crippen molar-refractivity contribution >= 4 is 17.5 Å². The Bertz CT molecular complexity index is 1440. The minimum Gasteiger partial charge on any atom is -0.356 e. The lowest BCUT2D eigenvalue weighted by Gasteiger charge is -2.32. The zero-order valence-electron chi connectivity index (χ0n) is 20.0. The Kier molecular flexibility index (Phi) is 6.46. The largest absolute Gasteiger partial charge is 0.356 e. The Hall–Kier alpha value is -4.51. The second-order valence-electron chi connectivity index (χ2n) is 9.07. The Morgan fingerprint density at radius 3 is 2.36 bits per heavy atom. The molecule has 3 heterocycles. The average Bonchev–Trinajstić information content (AvgIpc) is 3.35. The fourth-order valence-electron chi connectivity index (χ4n) is 4.53. The van der Waals surface area contributed by atoms with Crippen LogP contribution in [0.3, 0.4) is 0 Å². The van der Waals surface area contributed by atoms with E-state index in [-0.39, 0.29) is 11.8 Å². The quantitative estimate of drug-likeness (QED) is 0.468. The van der Waals surface area contributed by atoms with Crippen LogP contribution >= 0.6 is 0 Å². The highest BCUT2D eigenvalue weighted by molar-refractivity contribution is 5.94. The van der Waals surface area contributed by atoms with Crippen LogP contribution in [-0.4, -0.2) is 50.9 Å². The molecular formula is C28H26N6O2. The van der Waals surface area contributed by atoms with Gasteiger partial charge in [-0.1, -0.05) is 24.3 Å². The Morgan fingerprint density at radius 1 is 1.00 bits per heavy atom. The standard InChI is InChI=1S/C28H26N6O2/c1-19(35)30-17-21-12-14-33(15-13-21)28(36)24-8-6-22(7-9-24)25-10-11-27-31-18-26(34(27)32-25)23-4-2-20(16-29)3-5-23/h2-11,18,21H,12-15,17H2,1H3,(H,30,35). The summed E-state index contributed by atoms with van der Waals surface area (Å²) in [5.74, 6) is 0.431. The van der Waals surface area contributed by atoms with Gasteiger partial charge in [0.1, 0.15) is 0 Å². The molecule has 2 aromatic heterocycles. The summed E-state index contributed by atoms with van der Waals surface area (Å²) in [4.78, 5) is 30.5. The van der Waals surface area contributed by atoms with Crippen LogP contribution in [0.5, 0.6) is 0 Å². The summed E-state index contributed by atoms with van der Waals surface area (Å²) in [6, 6.07) is 20.8. The maximum Gasteiger partial charge on any atom is 0.253 e. The van der Waals surface area contributed by atoms with Gasteiger partial charge < -0.3 is 10.2 Å². The van der Waals surface area contributed by atoms with Gasteiger partial charge in [0.25, 0.3) is 5.91 Å². The highest BCUT2D eigenvalue weighted by Crippen LogP contribution is 2.24. The van der Waals surface area contributed by atoms with E-state index >= 15 is 0 Å². The molecule has 1 fully saturated rings. The van der Waals surface area contributed by atoms with E-state index in [4.69, 9.17) is 10.4 Å². The zero-order valence-corrected chi connectivity index (χ0v) is 20.0. The predicted molar refractivity (Wildman–Crippen MR) is 136 cm³/mol. The van der Waals surface area contributed by atoms with Crippen LogP contribution in [0.25, 0.3) is 28.2 Å². The summed E-state index contributed by atoms with van der Waals surface area (Å²) < 4.78 is 1.79. The van der Waals surface area contributed by atoms with E-state index in [1.54, 1.807) is 22.8 Å². The Balaban J connectivity index is 1.30. The van der Waals surface area contributed by atoms with Crippen molar-refractivity contribution in [3.63, 3.8) is 0 Å². The maximum absolute atomic E-state index is 13.0. The summed E-state index contributed by atoms with van der Waals surface area (Å²) >= 11 is 0. The minimum atomic E-state index is -0.0132. The van der Waals surface area contributed by atoms with Gasteiger partial charge in [-0.05, 0) is 55.2 Å². The van der Waals surface area contributed by atoms with Crippen molar-refractivity contribution in [1.82, 2.24) is 24.8 Å². The number of benzene rings is 2. The van der Waals surface area contributed by atoms with Gasteiger partial charge in [-0.15, -0.1) is 0 Å². The number of nitrogens with zero attached hydrogens (tertiary/aromatic N) is 5. The molecule has 0 unspecified atom stereocenters. The van der Waals surface area contributed by atoms with Gasteiger partial charge in [0.2, 0.25) is 5.91 Å². The van der Waals surface area contributed by atoms with E-state index in [2.05, 4.69) is 16.4 Å². The number of piperidine rings is 1. The molecule has 36 heavy (non-hydrogen) atoms. The molecule has 5 rings (SSSR count). The van der Waals surface area contributed by atoms with Gasteiger partial charge in [0.15, 0.2) is 5.65 Å². The maximum atomic E-state index is 13.0. The molecule has 1 N–H and O–H groups in total. The molecule has 8 nitrogen and oxygen atoms in total. The van der Waals surface area contributed by atoms with Gasteiger partial charge in [-0.3, -0.25) is 9.59 Å². The lowest BCUT2D eigenvalue weighted by atomic mass is 9.96. The summed E-state index contributed by atoms with van der Waals surface area (Å²) in [5, 5.41) is 16.7. The number of likely N-dealkylation sites (tertiary alicyclic amines) is 1. The number of fused-ring (bicyclic) bond motifs is 1. The fraction of sp³-hybridized carbons (Fsp3) is 0.250. The van der Waals surface area contributed by atoms with Crippen molar-refractivity contribution in [2.45, 2.75) is 19.8 Å². The van der Waals surface area contributed by atoms with Crippen LogP contribution in [-0.2, 0) is 4.79 Å². The third kappa shape index (κ3) is 4.82. The summed E-state index contributed by atoms with van der Waals surface area (Å²) in [6.07, 6.45) is 3.55. The molecule has 8 heteroatoms. The molecule has 4 aromatic rings. The first-order valence-electron chi connectivity index (χ1n) is 12.0. The number of nitriles is 1. The van der Waals surface area contributed by atoms with Gasteiger partial charge >= 0.3 is 0 Å². The first-order chi connectivity index (χ1) is 17.5. The highest BCUT2D eigenvalue weighted by atomic mass is 16.2. The van der Waals surface area contributed by atoms with E-state index < -0.39 is 0 Å². The number of hydrogen-bond donors (Lipinski definition) is 1. The molecule has 0 bridgehead atoms. The molecule has 0 radical (unpaired) electrons. The van der Waals surface area contributed by atoms with Crippen LogP contribution in [0.4, 0.5) is 0 Å². The number of carbonyl (C=O) groups is 2. The Morgan fingerprint density at radius 2 is 1.69 bits per heavy atom. The van der Waals surface area contributed by atoms with E-state index in [0.29, 0.717) is 36.7 Å². The van der Waals surface area contributed by atoms with Crippen LogP contribution in [0.1, 0.15) is 35.7 Å². The molecule has 0 spiro atoms. The van der Waals surface area contributed by atoms with Gasteiger partial charge in [-0.2, -0.15) is 10.4 Å². The van der Waals surface area contributed by atoms with Crippen LogP contribution in [0.2, 0.25) is 0 Å². The first-order valence-corrected chi connectivity index (χ1v) is 12.0. The number of nitrogens with one attached hydrogen (secondary N) is 1. The van der Waals surface area contributed by atoms with Crippen molar-refractivity contribution < 1.29 is 9.59 Å². The van der Waals surface area contributed by atoms with Crippen molar-refractivity contribution in [1.29, 1.82) is 5.26 Å². The number of rotatable bonds is 5. The molecule has 0 aliphatic carbocycles. The Labute approximate surface area is 209 Å². The van der Waals surface area contributed by atoms with Crippen molar-refractivity contribution in [2.24, 2.45) is 5.92 Å². The molecule has 0 atom stereocenters. The number of amides is 2. The van der Waals surface area contributed by atoms with Gasteiger partial charge in [0.05, 0.1) is 29.2 Å². The average molecular weight is 479 g/mol. The first kappa shape index (κ1) is 23.2. The fourth-order valence-corrected chi connectivity index (χ4v) is 4.53. The molecule has 1 saturated heterocycles. The molecule has 1 aliphatic heterocycles. The van der Waals surface area contributed by atoms with Crippen molar-refractivity contribution in [3.8, 4) is 28.6 Å². The van der Waals surface area contributed by atoms with E-state index in [1.807, 2.05) is 53.4 Å². The molecule has 2 aromatic carbocycles. The summed E-state index contributed by atoms with van der Waals surface area (Å²) in [5.41, 5.74) is 5.42. The van der Waals surface area contributed by atoms with Gasteiger partial charge in [0, 0.05) is 43.2 Å².